The molecule has 1 atom stereocenters. The van der Waals surface area contributed by atoms with Crippen LogP contribution in [0, 0.1) is 17.6 Å². The van der Waals surface area contributed by atoms with Crippen molar-refractivity contribution in [2.75, 3.05) is 0 Å². The topological polar surface area (TPSA) is 62.3 Å². The van der Waals surface area contributed by atoms with Crippen molar-refractivity contribution >= 4 is 16.9 Å². The maximum Gasteiger partial charge on any atom is 0.306 e. The molecule has 2 N–H and O–H groups in total. The van der Waals surface area contributed by atoms with Gasteiger partial charge in [-0.1, -0.05) is 25.1 Å². The highest BCUT2D eigenvalue weighted by Gasteiger charge is 2.15. The lowest BCUT2D eigenvalue weighted by atomic mass is 9.96. The van der Waals surface area contributed by atoms with Crippen LogP contribution in [0.1, 0.15) is 18.1 Å². The van der Waals surface area contributed by atoms with E-state index in [1.54, 1.807) is 13.0 Å². The molecule has 0 aliphatic carbocycles. The predicted octanol–water partition coefficient (Wildman–Crippen LogP) is 5.96. The lowest BCUT2D eigenvalue weighted by Crippen LogP contribution is -2.12. The molecule has 0 saturated carbocycles. The fourth-order valence-corrected chi connectivity index (χ4v) is 3.51. The first-order chi connectivity index (χ1) is 14.9. The van der Waals surface area contributed by atoms with Crippen molar-refractivity contribution in [2.24, 2.45) is 5.92 Å². The van der Waals surface area contributed by atoms with Crippen LogP contribution in [0.5, 0.6) is 5.75 Å². The highest BCUT2D eigenvalue weighted by Crippen LogP contribution is 2.34. The number of nitrogens with one attached hydrogen (secondary N) is 1. The monoisotopic (exact) mass is 421 g/mol. The van der Waals surface area contributed by atoms with E-state index in [0.29, 0.717) is 17.7 Å². The van der Waals surface area contributed by atoms with Crippen molar-refractivity contribution in [3.05, 3.63) is 89.6 Å². The van der Waals surface area contributed by atoms with E-state index in [-0.39, 0.29) is 6.61 Å². The summed E-state index contributed by atoms with van der Waals surface area (Å²) in [5, 5.41) is 10.3. The Labute approximate surface area is 178 Å². The summed E-state index contributed by atoms with van der Waals surface area (Å²) in [6.07, 6.45) is 2.25. The van der Waals surface area contributed by atoms with E-state index in [2.05, 4.69) is 4.98 Å². The number of ether oxygens (including phenoxy) is 1. The van der Waals surface area contributed by atoms with Gasteiger partial charge in [0.25, 0.3) is 0 Å². The third kappa shape index (κ3) is 4.58. The van der Waals surface area contributed by atoms with Crippen molar-refractivity contribution in [2.45, 2.75) is 20.0 Å². The van der Waals surface area contributed by atoms with E-state index in [1.165, 1.54) is 6.07 Å². The molecular weight excluding hydrogens is 400 g/mol. The highest BCUT2D eigenvalue weighted by molar-refractivity contribution is 5.86. The summed E-state index contributed by atoms with van der Waals surface area (Å²) in [7, 11) is 0. The Morgan fingerprint density at radius 2 is 1.81 bits per heavy atom. The third-order valence-electron chi connectivity index (χ3n) is 5.25. The second kappa shape index (κ2) is 8.60. The largest absolute Gasteiger partial charge is 0.488 e. The van der Waals surface area contributed by atoms with Crippen LogP contribution in [-0.2, 0) is 17.8 Å². The van der Waals surface area contributed by atoms with Crippen molar-refractivity contribution < 1.29 is 23.4 Å². The minimum atomic E-state index is -0.919. The van der Waals surface area contributed by atoms with Crippen molar-refractivity contribution in [1.82, 2.24) is 4.98 Å². The molecule has 1 aromatic heterocycles. The van der Waals surface area contributed by atoms with Gasteiger partial charge in [-0.3, -0.25) is 4.79 Å². The highest BCUT2D eigenvalue weighted by atomic mass is 19.2. The zero-order valence-electron chi connectivity index (χ0n) is 16.9. The van der Waals surface area contributed by atoms with E-state index < -0.39 is 23.5 Å². The molecule has 6 heteroatoms. The van der Waals surface area contributed by atoms with Crippen LogP contribution in [0.2, 0.25) is 0 Å². The number of H-pyrrole nitrogens is 1. The van der Waals surface area contributed by atoms with Gasteiger partial charge in [0.1, 0.15) is 12.4 Å². The quantitative estimate of drug-likeness (QED) is 0.387. The van der Waals surface area contributed by atoms with Crippen molar-refractivity contribution in [1.29, 1.82) is 0 Å². The maximum absolute atomic E-state index is 13.5. The normalized spacial score (nSPS) is 12.1. The van der Waals surface area contributed by atoms with Gasteiger partial charge >= 0.3 is 5.97 Å². The number of fused-ring (bicyclic) bond motifs is 1. The summed E-state index contributed by atoms with van der Waals surface area (Å²) in [6, 6.07) is 17.1. The molecule has 4 aromatic rings. The average Bonchev–Trinajstić information content (AvgIpc) is 3.23. The predicted molar refractivity (Wildman–Crippen MR) is 115 cm³/mol. The number of carboxylic acids is 1. The molecule has 0 spiro atoms. The fraction of sp³-hybridized carbons (Fsp3) is 0.160. The number of benzene rings is 3. The minimum Gasteiger partial charge on any atom is -0.488 e. The first-order valence-corrected chi connectivity index (χ1v) is 9.90. The number of hydrogen-bond acceptors (Lipinski definition) is 2. The number of carbonyl (C=O) groups is 1. The Balaban J connectivity index is 1.68. The van der Waals surface area contributed by atoms with Crippen LogP contribution in [0.25, 0.3) is 22.0 Å². The van der Waals surface area contributed by atoms with Gasteiger partial charge in [-0.15, -0.1) is 0 Å². The molecule has 0 saturated heterocycles. The molecule has 0 fully saturated rings. The molecule has 0 radical (unpaired) electrons. The molecule has 0 aliphatic rings. The summed E-state index contributed by atoms with van der Waals surface area (Å²) < 4.78 is 32.7. The Kier molecular flexibility index (Phi) is 5.71. The number of halogens is 2. The number of carboxylic acid groups (broad SMARTS) is 1. The molecule has 0 aliphatic heterocycles. The van der Waals surface area contributed by atoms with Gasteiger partial charge in [0.2, 0.25) is 0 Å². The zero-order chi connectivity index (χ0) is 22.0. The van der Waals surface area contributed by atoms with Crippen LogP contribution in [-0.4, -0.2) is 16.1 Å². The SMILES string of the molecule is CC(Cc1ccc(OCc2ccc(F)c(F)c2)c(-c2ccc3[nH]ccc3c2)c1)C(=O)O. The molecule has 3 aromatic carbocycles. The molecule has 0 amide bonds. The van der Waals surface area contributed by atoms with Gasteiger partial charge in [-0.25, -0.2) is 8.78 Å². The van der Waals surface area contributed by atoms with Crippen molar-refractivity contribution in [3.63, 3.8) is 0 Å². The van der Waals surface area contributed by atoms with Gasteiger partial charge in [-0.2, -0.15) is 0 Å². The Morgan fingerprint density at radius 1 is 1.00 bits per heavy atom. The van der Waals surface area contributed by atoms with Gasteiger partial charge in [0, 0.05) is 17.3 Å². The van der Waals surface area contributed by atoms with Gasteiger partial charge in [-0.05, 0) is 71.0 Å². The van der Waals surface area contributed by atoms with Crippen LogP contribution >= 0.6 is 0 Å². The van der Waals surface area contributed by atoms with Gasteiger partial charge in [0.15, 0.2) is 11.6 Å². The number of aliphatic carboxylic acids is 1. The smallest absolute Gasteiger partial charge is 0.306 e. The Morgan fingerprint density at radius 3 is 2.58 bits per heavy atom. The van der Waals surface area contributed by atoms with E-state index in [1.807, 2.05) is 42.6 Å². The summed E-state index contributed by atoms with van der Waals surface area (Å²) in [6.45, 7) is 1.74. The van der Waals surface area contributed by atoms with Crippen LogP contribution in [0.15, 0.2) is 66.9 Å². The molecule has 31 heavy (non-hydrogen) atoms. The third-order valence-corrected chi connectivity index (χ3v) is 5.25. The molecule has 158 valence electrons. The Bertz CT molecular complexity index is 1250. The number of rotatable bonds is 7. The summed E-state index contributed by atoms with van der Waals surface area (Å²) in [5.74, 6) is -2.62. The molecular formula is C25H21F2NO3. The number of aromatic amines is 1. The second-order valence-electron chi connectivity index (χ2n) is 7.59. The zero-order valence-corrected chi connectivity index (χ0v) is 16.9. The second-order valence-corrected chi connectivity index (χ2v) is 7.59. The molecule has 0 bridgehead atoms. The van der Waals surface area contributed by atoms with Gasteiger partial charge < -0.3 is 14.8 Å². The number of aromatic nitrogens is 1. The number of hydrogen-bond donors (Lipinski definition) is 2. The maximum atomic E-state index is 13.5. The lowest BCUT2D eigenvalue weighted by Gasteiger charge is -2.15. The standard InChI is InChI=1S/C25H21F2NO3/c1-15(25(29)30)10-16-3-7-24(31-14-17-2-5-21(26)22(27)12-17)20(11-16)18-4-6-23-19(13-18)8-9-28-23/h2-9,11-13,15,28H,10,14H2,1H3,(H,29,30). The van der Waals surface area contributed by atoms with Crippen LogP contribution in [0.4, 0.5) is 8.78 Å². The van der Waals surface area contributed by atoms with Crippen LogP contribution < -0.4 is 4.74 Å². The average molecular weight is 421 g/mol. The van der Waals surface area contributed by atoms with Gasteiger partial charge in [0.05, 0.1) is 5.92 Å². The fourth-order valence-electron chi connectivity index (χ4n) is 3.51. The van der Waals surface area contributed by atoms with E-state index >= 15 is 0 Å². The summed E-state index contributed by atoms with van der Waals surface area (Å²) >= 11 is 0. The van der Waals surface area contributed by atoms with Crippen LogP contribution in [0.3, 0.4) is 0 Å². The summed E-state index contributed by atoms with van der Waals surface area (Å²) in [4.78, 5) is 14.4. The minimum absolute atomic E-state index is 0.0709. The first kappa shape index (κ1) is 20.6. The first-order valence-electron chi connectivity index (χ1n) is 9.90. The lowest BCUT2D eigenvalue weighted by molar-refractivity contribution is -0.141. The molecule has 4 rings (SSSR count). The van der Waals surface area contributed by atoms with Crippen molar-refractivity contribution in [3.8, 4) is 16.9 Å². The Hall–Kier alpha value is -3.67. The molecule has 1 heterocycles. The van der Waals surface area contributed by atoms with E-state index in [0.717, 1.165) is 39.7 Å². The summed E-state index contributed by atoms with van der Waals surface area (Å²) in [5.41, 5.74) is 4.11. The molecule has 4 nitrogen and oxygen atoms in total. The van der Waals surface area contributed by atoms with E-state index in [4.69, 9.17) is 4.74 Å². The molecule has 1 unspecified atom stereocenters. The van der Waals surface area contributed by atoms with E-state index in [9.17, 15) is 18.7 Å².